The van der Waals surface area contributed by atoms with Crippen LogP contribution in [0.2, 0.25) is 0 Å². The third-order valence-electron chi connectivity index (χ3n) is 4.21. The highest BCUT2D eigenvalue weighted by molar-refractivity contribution is 7.99. The van der Waals surface area contributed by atoms with Crippen LogP contribution in [0.15, 0.2) is 0 Å². The molecule has 2 rings (SSSR count). The Hall–Kier alpha value is -0.460. The van der Waals surface area contributed by atoms with Gasteiger partial charge in [-0.3, -0.25) is 4.90 Å². The van der Waals surface area contributed by atoms with Crippen LogP contribution in [-0.4, -0.2) is 78.8 Å². The van der Waals surface area contributed by atoms with Gasteiger partial charge in [-0.1, -0.05) is 0 Å². The lowest BCUT2D eigenvalue weighted by molar-refractivity contribution is 0.0141. The molecule has 116 valence electrons. The summed E-state index contributed by atoms with van der Waals surface area (Å²) >= 11 is 1.94. The molecule has 0 aliphatic carbocycles. The van der Waals surface area contributed by atoms with Crippen molar-refractivity contribution < 1.29 is 9.53 Å². The van der Waals surface area contributed by atoms with Crippen LogP contribution in [0, 0.1) is 0 Å². The van der Waals surface area contributed by atoms with Crippen LogP contribution >= 0.6 is 11.8 Å². The van der Waals surface area contributed by atoms with Gasteiger partial charge in [0.1, 0.15) is 0 Å². The molecule has 6 heteroatoms. The lowest BCUT2D eigenvalue weighted by atomic mass is 10.1. The monoisotopic (exact) mass is 301 g/mol. The van der Waals surface area contributed by atoms with Gasteiger partial charge in [-0.15, -0.1) is 0 Å². The Morgan fingerprint density at radius 3 is 2.65 bits per heavy atom. The zero-order valence-electron chi connectivity index (χ0n) is 12.6. The van der Waals surface area contributed by atoms with Crippen molar-refractivity contribution in [3.63, 3.8) is 0 Å². The van der Waals surface area contributed by atoms with Crippen molar-refractivity contribution in [2.24, 2.45) is 0 Å². The van der Waals surface area contributed by atoms with Crippen molar-refractivity contribution >= 4 is 17.8 Å². The Balaban J connectivity index is 1.79. The number of rotatable bonds is 3. The fourth-order valence-electron chi connectivity index (χ4n) is 2.66. The number of thioether (sulfide) groups is 1. The third kappa shape index (κ3) is 4.53. The molecule has 0 aromatic heterocycles. The third-order valence-corrected chi connectivity index (χ3v) is 5.25. The zero-order valence-corrected chi connectivity index (χ0v) is 13.5. The van der Waals surface area contributed by atoms with Gasteiger partial charge in [-0.25, -0.2) is 4.79 Å². The van der Waals surface area contributed by atoms with Crippen LogP contribution in [0.3, 0.4) is 0 Å². The van der Waals surface area contributed by atoms with E-state index in [2.05, 4.69) is 24.1 Å². The Morgan fingerprint density at radius 1 is 1.15 bits per heavy atom. The molecule has 0 aromatic carbocycles. The van der Waals surface area contributed by atoms with Gasteiger partial charge in [0.25, 0.3) is 0 Å². The molecule has 2 amide bonds. The van der Waals surface area contributed by atoms with Crippen molar-refractivity contribution in [1.82, 2.24) is 15.1 Å². The number of hydrogen-bond acceptors (Lipinski definition) is 4. The molecule has 0 unspecified atom stereocenters. The van der Waals surface area contributed by atoms with Gasteiger partial charge in [-0.2, -0.15) is 11.8 Å². The number of amides is 2. The molecule has 0 radical (unpaired) electrons. The second-order valence-corrected chi connectivity index (χ2v) is 6.80. The van der Waals surface area contributed by atoms with Crippen molar-refractivity contribution in [1.29, 1.82) is 0 Å². The molecule has 2 atom stereocenters. The molecule has 1 N–H and O–H groups in total. The highest BCUT2D eigenvalue weighted by Gasteiger charge is 2.25. The van der Waals surface area contributed by atoms with E-state index in [9.17, 15) is 4.79 Å². The number of nitrogens with zero attached hydrogens (tertiary/aromatic N) is 2. The summed E-state index contributed by atoms with van der Waals surface area (Å²) in [6, 6.07) is 0.612. The second-order valence-electron chi connectivity index (χ2n) is 5.58. The van der Waals surface area contributed by atoms with Crippen LogP contribution in [0.25, 0.3) is 0 Å². The smallest absolute Gasteiger partial charge is 0.317 e. The van der Waals surface area contributed by atoms with Crippen LogP contribution in [0.5, 0.6) is 0 Å². The first-order chi connectivity index (χ1) is 9.68. The van der Waals surface area contributed by atoms with Crippen LogP contribution < -0.4 is 5.32 Å². The number of nitrogens with one attached hydrogen (secondary N) is 1. The van der Waals surface area contributed by atoms with Gasteiger partial charge >= 0.3 is 6.03 Å². The lowest BCUT2D eigenvalue weighted by Crippen LogP contribution is -2.54. The van der Waals surface area contributed by atoms with E-state index in [-0.39, 0.29) is 12.1 Å². The van der Waals surface area contributed by atoms with Gasteiger partial charge in [0.05, 0.1) is 13.2 Å². The van der Waals surface area contributed by atoms with Crippen LogP contribution in [0.1, 0.15) is 20.3 Å². The van der Waals surface area contributed by atoms with E-state index < -0.39 is 0 Å². The summed E-state index contributed by atoms with van der Waals surface area (Å²) < 4.78 is 5.38. The Kier molecular flexibility index (Phi) is 6.45. The molecule has 2 aliphatic rings. The van der Waals surface area contributed by atoms with Crippen LogP contribution in [0.4, 0.5) is 4.79 Å². The largest absolute Gasteiger partial charge is 0.379 e. The summed E-state index contributed by atoms with van der Waals surface area (Å²) in [5.41, 5.74) is 0. The fourth-order valence-corrected chi connectivity index (χ4v) is 3.54. The maximum atomic E-state index is 12.3. The standard InChI is InChI=1S/C14H27N3O2S/c1-12(13(2)16-5-8-19-9-6-16)15-14(18)17-4-3-10-20-11-7-17/h12-13H,3-11H2,1-2H3,(H,15,18)/t12-,13+/m1/s1. The minimum absolute atomic E-state index is 0.0973. The molecular weight excluding hydrogens is 274 g/mol. The van der Waals surface area contributed by atoms with Gasteiger partial charge in [-0.05, 0) is 26.0 Å². The molecular formula is C14H27N3O2S. The Morgan fingerprint density at radius 2 is 1.90 bits per heavy atom. The molecule has 2 fully saturated rings. The van der Waals surface area contributed by atoms with Crippen molar-refractivity contribution in [3.8, 4) is 0 Å². The summed E-state index contributed by atoms with van der Waals surface area (Å²) in [5.74, 6) is 2.23. The van der Waals surface area contributed by atoms with Crippen LogP contribution in [-0.2, 0) is 4.74 Å². The lowest BCUT2D eigenvalue weighted by Gasteiger charge is -2.36. The summed E-state index contributed by atoms with van der Waals surface area (Å²) in [6.07, 6.45) is 1.10. The van der Waals surface area contributed by atoms with E-state index in [0.717, 1.165) is 51.6 Å². The normalized spacial score (nSPS) is 24.8. The Labute approximate surface area is 126 Å². The minimum atomic E-state index is 0.0973. The maximum absolute atomic E-state index is 12.3. The summed E-state index contributed by atoms with van der Waals surface area (Å²) in [7, 11) is 0. The highest BCUT2D eigenvalue weighted by Crippen LogP contribution is 2.11. The van der Waals surface area contributed by atoms with Crippen molar-refractivity contribution in [2.45, 2.75) is 32.4 Å². The fraction of sp³-hybridized carbons (Fsp3) is 0.929. The number of hydrogen-bond donors (Lipinski definition) is 1. The zero-order chi connectivity index (χ0) is 14.4. The Bertz CT molecular complexity index is 303. The number of urea groups is 1. The summed E-state index contributed by atoms with van der Waals surface area (Å²) in [5, 5.41) is 3.17. The molecule has 0 bridgehead atoms. The quantitative estimate of drug-likeness (QED) is 0.852. The minimum Gasteiger partial charge on any atom is -0.379 e. The van der Waals surface area contributed by atoms with Gasteiger partial charge < -0.3 is 15.0 Å². The van der Waals surface area contributed by atoms with Gasteiger partial charge in [0.15, 0.2) is 0 Å². The van der Waals surface area contributed by atoms with Gasteiger partial charge in [0, 0.05) is 44.0 Å². The number of carbonyl (C=O) groups excluding carboxylic acids is 1. The molecule has 2 aliphatic heterocycles. The average molecular weight is 301 g/mol. The maximum Gasteiger partial charge on any atom is 0.317 e. The predicted molar refractivity (Wildman–Crippen MR) is 83.4 cm³/mol. The summed E-state index contributed by atoms with van der Waals surface area (Å²) in [4.78, 5) is 16.7. The SMILES string of the molecule is C[C@@H](NC(=O)N1CCCSCC1)[C@H](C)N1CCOCC1. The van der Waals surface area contributed by atoms with E-state index in [1.165, 1.54) is 5.75 Å². The molecule has 20 heavy (non-hydrogen) atoms. The first-order valence-corrected chi connectivity index (χ1v) is 8.79. The van der Waals surface area contributed by atoms with Crippen molar-refractivity contribution in [3.05, 3.63) is 0 Å². The van der Waals surface area contributed by atoms with E-state index in [1.807, 2.05) is 16.7 Å². The second kappa shape index (κ2) is 8.10. The van der Waals surface area contributed by atoms with Gasteiger partial charge in [0.2, 0.25) is 0 Å². The van der Waals surface area contributed by atoms with E-state index in [1.54, 1.807) is 0 Å². The van der Waals surface area contributed by atoms with Crippen molar-refractivity contribution in [2.75, 3.05) is 50.9 Å². The molecule has 2 heterocycles. The first-order valence-electron chi connectivity index (χ1n) is 7.63. The van der Waals surface area contributed by atoms with E-state index >= 15 is 0 Å². The summed E-state index contributed by atoms with van der Waals surface area (Å²) in [6.45, 7) is 9.57. The highest BCUT2D eigenvalue weighted by atomic mass is 32.2. The molecule has 0 saturated carbocycles. The van der Waals surface area contributed by atoms with E-state index in [0.29, 0.717) is 6.04 Å². The van der Waals surface area contributed by atoms with E-state index in [4.69, 9.17) is 4.74 Å². The molecule has 0 aromatic rings. The topological polar surface area (TPSA) is 44.8 Å². The number of ether oxygens (including phenoxy) is 1. The average Bonchev–Trinajstić information content (AvgIpc) is 2.76. The number of morpholine rings is 1. The molecule has 0 spiro atoms. The first kappa shape index (κ1) is 15.9. The number of carbonyl (C=O) groups is 1. The predicted octanol–water partition coefficient (Wildman–Crippen LogP) is 1.24. The molecule has 2 saturated heterocycles. The molecule has 5 nitrogen and oxygen atoms in total.